The maximum atomic E-state index is 5.05. The van der Waals surface area contributed by atoms with Crippen LogP contribution >= 0.6 is 0 Å². The first-order valence-electron chi connectivity index (χ1n) is 7.58. The van der Waals surface area contributed by atoms with Crippen LogP contribution in [0, 0.1) is 0 Å². The van der Waals surface area contributed by atoms with Crippen LogP contribution in [0.3, 0.4) is 0 Å². The van der Waals surface area contributed by atoms with E-state index in [9.17, 15) is 0 Å². The first kappa shape index (κ1) is 17.9. The van der Waals surface area contributed by atoms with Crippen LogP contribution in [0.1, 0.15) is 53.4 Å². The van der Waals surface area contributed by atoms with Gasteiger partial charge in [0.25, 0.3) is 0 Å². The molecule has 0 aliphatic heterocycles. The molecule has 0 saturated heterocycles. The molecule has 0 spiro atoms. The number of nitrogens with zero attached hydrogens (tertiary/aromatic N) is 1. The van der Waals surface area contributed by atoms with Crippen LogP contribution in [0.15, 0.2) is 0 Å². The molecular formula is C15H34N2O. The van der Waals surface area contributed by atoms with Crippen molar-refractivity contribution >= 4 is 0 Å². The van der Waals surface area contributed by atoms with Crippen molar-refractivity contribution < 1.29 is 4.74 Å². The number of unbranched alkanes of at least 4 members (excludes halogenated alkanes) is 2. The second kappa shape index (κ2) is 11.9. The van der Waals surface area contributed by atoms with E-state index in [0.29, 0.717) is 12.1 Å². The quantitative estimate of drug-likeness (QED) is 0.545. The molecule has 0 bridgehead atoms. The highest BCUT2D eigenvalue weighted by Gasteiger charge is 2.15. The third-order valence-electron chi connectivity index (χ3n) is 3.39. The van der Waals surface area contributed by atoms with Crippen LogP contribution in [0.5, 0.6) is 0 Å². The zero-order valence-electron chi connectivity index (χ0n) is 13.2. The number of rotatable bonds is 12. The fourth-order valence-electron chi connectivity index (χ4n) is 2.30. The number of hydrogen-bond acceptors (Lipinski definition) is 3. The Hall–Kier alpha value is -0.120. The molecule has 110 valence electrons. The minimum Gasteiger partial charge on any atom is -0.385 e. The van der Waals surface area contributed by atoms with Gasteiger partial charge in [-0.05, 0) is 46.7 Å². The molecule has 1 N–H and O–H groups in total. The van der Waals surface area contributed by atoms with E-state index >= 15 is 0 Å². The first-order valence-corrected chi connectivity index (χ1v) is 7.58. The Bertz CT molecular complexity index is 174. The minimum atomic E-state index is 0.615. The van der Waals surface area contributed by atoms with E-state index in [0.717, 1.165) is 26.1 Å². The van der Waals surface area contributed by atoms with Crippen LogP contribution in [0.25, 0.3) is 0 Å². The van der Waals surface area contributed by atoms with Gasteiger partial charge in [0.05, 0.1) is 0 Å². The summed E-state index contributed by atoms with van der Waals surface area (Å²) < 4.78 is 5.05. The van der Waals surface area contributed by atoms with Crippen molar-refractivity contribution in [3.05, 3.63) is 0 Å². The third-order valence-corrected chi connectivity index (χ3v) is 3.39. The molecule has 3 nitrogen and oxygen atoms in total. The molecule has 0 aromatic carbocycles. The Kier molecular flexibility index (Phi) is 11.9. The van der Waals surface area contributed by atoms with E-state index in [1.54, 1.807) is 7.11 Å². The Morgan fingerprint density at radius 2 is 1.83 bits per heavy atom. The van der Waals surface area contributed by atoms with Crippen LogP contribution in [-0.2, 0) is 4.74 Å². The maximum absolute atomic E-state index is 5.05. The summed E-state index contributed by atoms with van der Waals surface area (Å²) in [5.41, 5.74) is 0. The summed E-state index contributed by atoms with van der Waals surface area (Å²) >= 11 is 0. The summed E-state index contributed by atoms with van der Waals surface area (Å²) in [5, 5.41) is 3.52. The molecule has 18 heavy (non-hydrogen) atoms. The van der Waals surface area contributed by atoms with Crippen molar-refractivity contribution in [2.24, 2.45) is 0 Å². The SMILES string of the molecule is CCCCCN(C(C)C)C(C)CNCCCOC. The molecule has 0 heterocycles. The second-order valence-electron chi connectivity index (χ2n) is 5.44. The van der Waals surface area contributed by atoms with E-state index in [-0.39, 0.29) is 0 Å². The zero-order chi connectivity index (χ0) is 13.8. The standard InChI is InChI=1S/C15H34N2O/c1-6-7-8-11-17(14(2)3)15(4)13-16-10-9-12-18-5/h14-16H,6-13H2,1-5H3. The van der Waals surface area contributed by atoms with Crippen LogP contribution in [0.4, 0.5) is 0 Å². The first-order chi connectivity index (χ1) is 8.63. The maximum Gasteiger partial charge on any atom is 0.0474 e. The fourth-order valence-corrected chi connectivity index (χ4v) is 2.30. The molecule has 0 radical (unpaired) electrons. The molecule has 0 aromatic rings. The lowest BCUT2D eigenvalue weighted by molar-refractivity contribution is 0.155. The van der Waals surface area contributed by atoms with Crippen LogP contribution in [0.2, 0.25) is 0 Å². The van der Waals surface area contributed by atoms with Crippen molar-refractivity contribution in [1.29, 1.82) is 0 Å². The average molecular weight is 258 g/mol. The molecule has 3 heteroatoms. The summed E-state index contributed by atoms with van der Waals surface area (Å²) in [5.74, 6) is 0. The lowest BCUT2D eigenvalue weighted by atomic mass is 10.1. The topological polar surface area (TPSA) is 24.5 Å². The highest BCUT2D eigenvalue weighted by Crippen LogP contribution is 2.08. The summed E-state index contributed by atoms with van der Waals surface area (Å²) in [7, 11) is 1.76. The number of hydrogen-bond donors (Lipinski definition) is 1. The van der Waals surface area contributed by atoms with Crippen LogP contribution < -0.4 is 5.32 Å². The number of nitrogens with one attached hydrogen (secondary N) is 1. The van der Waals surface area contributed by atoms with Crippen molar-refractivity contribution in [1.82, 2.24) is 10.2 Å². The number of ether oxygens (including phenoxy) is 1. The van der Waals surface area contributed by atoms with Crippen molar-refractivity contribution in [3.8, 4) is 0 Å². The molecule has 0 rings (SSSR count). The summed E-state index contributed by atoms with van der Waals surface area (Å²) in [4.78, 5) is 2.61. The lowest BCUT2D eigenvalue weighted by Gasteiger charge is -2.33. The van der Waals surface area contributed by atoms with Gasteiger partial charge in [-0.1, -0.05) is 19.8 Å². The normalized spacial score (nSPS) is 13.5. The van der Waals surface area contributed by atoms with E-state index in [1.807, 2.05) is 0 Å². The monoisotopic (exact) mass is 258 g/mol. The van der Waals surface area contributed by atoms with Crippen molar-refractivity contribution in [2.75, 3.05) is 33.4 Å². The molecule has 1 unspecified atom stereocenters. The van der Waals surface area contributed by atoms with E-state index in [1.165, 1.54) is 25.8 Å². The molecule has 0 saturated carbocycles. The van der Waals surface area contributed by atoms with Gasteiger partial charge in [-0.25, -0.2) is 0 Å². The largest absolute Gasteiger partial charge is 0.385 e. The lowest BCUT2D eigenvalue weighted by Crippen LogP contribution is -2.45. The molecule has 0 aromatic heterocycles. The van der Waals surface area contributed by atoms with E-state index in [4.69, 9.17) is 4.74 Å². The van der Waals surface area contributed by atoms with Gasteiger partial charge in [0, 0.05) is 32.3 Å². The minimum absolute atomic E-state index is 0.615. The fraction of sp³-hybridized carbons (Fsp3) is 1.00. The predicted molar refractivity (Wildman–Crippen MR) is 80.2 cm³/mol. The van der Waals surface area contributed by atoms with E-state index < -0.39 is 0 Å². The zero-order valence-corrected chi connectivity index (χ0v) is 13.2. The summed E-state index contributed by atoms with van der Waals surface area (Å²) in [6.07, 6.45) is 5.07. The molecule has 0 fully saturated rings. The Morgan fingerprint density at radius 1 is 1.11 bits per heavy atom. The van der Waals surface area contributed by atoms with Gasteiger partial charge in [-0.15, -0.1) is 0 Å². The van der Waals surface area contributed by atoms with Gasteiger partial charge in [0.15, 0.2) is 0 Å². The molecule has 1 atom stereocenters. The summed E-state index contributed by atoms with van der Waals surface area (Å²) in [6, 6.07) is 1.25. The Balaban J connectivity index is 3.80. The second-order valence-corrected chi connectivity index (χ2v) is 5.44. The Labute approximate surface area is 114 Å². The van der Waals surface area contributed by atoms with Gasteiger partial charge in [-0.3, -0.25) is 4.90 Å². The third kappa shape index (κ3) is 8.90. The van der Waals surface area contributed by atoms with Gasteiger partial charge in [0.2, 0.25) is 0 Å². The average Bonchev–Trinajstić information content (AvgIpc) is 2.33. The Morgan fingerprint density at radius 3 is 2.39 bits per heavy atom. The van der Waals surface area contributed by atoms with Gasteiger partial charge in [-0.2, -0.15) is 0 Å². The van der Waals surface area contributed by atoms with E-state index in [2.05, 4.69) is 37.9 Å². The van der Waals surface area contributed by atoms with Gasteiger partial charge in [0.1, 0.15) is 0 Å². The molecular weight excluding hydrogens is 224 g/mol. The van der Waals surface area contributed by atoms with Gasteiger partial charge >= 0.3 is 0 Å². The highest BCUT2D eigenvalue weighted by molar-refractivity contribution is 4.73. The number of methoxy groups -OCH3 is 1. The molecule has 0 amide bonds. The van der Waals surface area contributed by atoms with Crippen molar-refractivity contribution in [2.45, 2.75) is 65.5 Å². The predicted octanol–water partition coefficient (Wildman–Crippen LogP) is 2.90. The van der Waals surface area contributed by atoms with Crippen molar-refractivity contribution in [3.63, 3.8) is 0 Å². The van der Waals surface area contributed by atoms with Gasteiger partial charge < -0.3 is 10.1 Å². The highest BCUT2D eigenvalue weighted by atomic mass is 16.5. The molecule has 0 aliphatic rings. The molecule has 0 aliphatic carbocycles. The summed E-state index contributed by atoms with van der Waals surface area (Å²) in [6.45, 7) is 13.4. The smallest absolute Gasteiger partial charge is 0.0474 e. The van der Waals surface area contributed by atoms with Crippen LogP contribution in [-0.4, -0.2) is 50.3 Å².